The lowest BCUT2D eigenvalue weighted by atomic mass is 10.1. The molecular formula is C12H14Cl2O2. The molecule has 0 spiro atoms. The molecule has 0 bridgehead atoms. The van der Waals surface area contributed by atoms with Crippen molar-refractivity contribution in [2.24, 2.45) is 0 Å². The number of Topliss-reactive ketones (excluding diaryl/α,β-unsaturated/α-hetero) is 1. The maximum absolute atomic E-state index is 10.8. The van der Waals surface area contributed by atoms with Crippen LogP contribution in [0, 0.1) is 0 Å². The maximum Gasteiger partial charge on any atom is 0.138 e. The molecule has 0 saturated heterocycles. The van der Waals surface area contributed by atoms with Crippen LogP contribution >= 0.6 is 23.2 Å². The maximum atomic E-state index is 10.8. The molecule has 0 N–H and O–H groups in total. The summed E-state index contributed by atoms with van der Waals surface area (Å²) in [6.07, 6.45) is 2.11. The van der Waals surface area contributed by atoms with E-state index in [1.807, 2.05) is 0 Å². The lowest BCUT2D eigenvalue weighted by Gasteiger charge is -2.08. The average Bonchev–Trinajstić information content (AvgIpc) is 2.22. The fraction of sp³-hybridized carbons (Fsp3) is 0.417. The first kappa shape index (κ1) is 13.3. The van der Waals surface area contributed by atoms with Crippen LogP contribution in [0.25, 0.3) is 0 Å². The van der Waals surface area contributed by atoms with Crippen molar-refractivity contribution in [3.63, 3.8) is 0 Å². The van der Waals surface area contributed by atoms with E-state index in [1.165, 1.54) is 0 Å². The van der Waals surface area contributed by atoms with E-state index in [2.05, 4.69) is 0 Å². The number of hydrogen-bond donors (Lipinski definition) is 0. The summed E-state index contributed by atoms with van der Waals surface area (Å²) in [7, 11) is 1.55. The minimum absolute atomic E-state index is 0.190. The van der Waals surface area contributed by atoms with Gasteiger partial charge in [0.2, 0.25) is 0 Å². The van der Waals surface area contributed by atoms with Gasteiger partial charge in [0.15, 0.2) is 0 Å². The first-order valence-corrected chi connectivity index (χ1v) is 5.81. The molecule has 1 rings (SSSR count). The minimum atomic E-state index is 0.190. The van der Waals surface area contributed by atoms with E-state index in [4.69, 9.17) is 27.9 Å². The summed E-state index contributed by atoms with van der Waals surface area (Å²) in [5.74, 6) is 0.762. The molecule has 2 nitrogen and oxygen atoms in total. The van der Waals surface area contributed by atoms with Crippen LogP contribution in [0.1, 0.15) is 25.3 Å². The van der Waals surface area contributed by atoms with Gasteiger partial charge in [-0.3, -0.25) is 0 Å². The van der Waals surface area contributed by atoms with Crippen LogP contribution in [0.15, 0.2) is 12.1 Å². The summed E-state index contributed by atoms with van der Waals surface area (Å²) in [6.45, 7) is 1.59. The second kappa shape index (κ2) is 6.12. The van der Waals surface area contributed by atoms with Crippen molar-refractivity contribution < 1.29 is 9.53 Å². The number of carbonyl (C=O) groups is 1. The Morgan fingerprint density at radius 3 is 2.56 bits per heavy atom. The number of methoxy groups -OCH3 is 1. The first-order valence-electron chi connectivity index (χ1n) is 5.06. The fourth-order valence-corrected chi connectivity index (χ4v) is 1.96. The first-order chi connectivity index (χ1) is 7.54. The molecule has 1 aromatic carbocycles. The molecule has 0 atom stereocenters. The third kappa shape index (κ3) is 3.69. The lowest BCUT2D eigenvalue weighted by Crippen LogP contribution is -1.94. The van der Waals surface area contributed by atoms with Gasteiger partial charge in [0, 0.05) is 17.5 Å². The monoisotopic (exact) mass is 260 g/mol. The highest BCUT2D eigenvalue weighted by Gasteiger charge is 2.07. The Bertz CT molecular complexity index is 389. The van der Waals surface area contributed by atoms with Crippen LogP contribution in [0.2, 0.25) is 10.0 Å². The van der Waals surface area contributed by atoms with Gasteiger partial charge in [0.05, 0.1) is 12.1 Å². The van der Waals surface area contributed by atoms with Gasteiger partial charge in [-0.2, -0.15) is 0 Å². The van der Waals surface area contributed by atoms with Gasteiger partial charge in [0.1, 0.15) is 11.5 Å². The van der Waals surface area contributed by atoms with Gasteiger partial charge in [0.25, 0.3) is 0 Å². The van der Waals surface area contributed by atoms with E-state index < -0.39 is 0 Å². The largest absolute Gasteiger partial charge is 0.495 e. The lowest BCUT2D eigenvalue weighted by molar-refractivity contribution is -0.117. The van der Waals surface area contributed by atoms with Gasteiger partial charge in [-0.15, -0.1) is 0 Å². The van der Waals surface area contributed by atoms with E-state index in [0.29, 0.717) is 22.2 Å². The Labute approximate surface area is 106 Å². The third-order valence-corrected chi connectivity index (χ3v) is 2.94. The second-order valence-electron chi connectivity index (χ2n) is 3.63. The summed E-state index contributed by atoms with van der Waals surface area (Å²) in [5.41, 5.74) is 0.953. The quantitative estimate of drug-likeness (QED) is 0.803. The molecule has 0 unspecified atom stereocenters. The van der Waals surface area contributed by atoms with E-state index >= 15 is 0 Å². The SMILES string of the molecule is COc1cc(Cl)c(CCCC(C)=O)cc1Cl. The molecule has 4 heteroatoms. The predicted molar refractivity (Wildman–Crippen MR) is 66.6 cm³/mol. The summed E-state index contributed by atoms with van der Waals surface area (Å²) in [5, 5.41) is 1.18. The van der Waals surface area contributed by atoms with Crippen LogP contribution in [0.3, 0.4) is 0 Å². The molecule has 1 aromatic rings. The van der Waals surface area contributed by atoms with Crippen molar-refractivity contribution in [1.82, 2.24) is 0 Å². The van der Waals surface area contributed by atoms with E-state index in [-0.39, 0.29) is 5.78 Å². The van der Waals surface area contributed by atoms with Gasteiger partial charge < -0.3 is 9.53 Å². The highest BCUT2D eigenvalue weighted by Crippen LogP contribution is 2.31. The van der Waals surface area contributed by atoms with Crippen LogP contribution in [-0.4, -0.2) is 12.9 Å². The second-order valence-corrected chi connectivity index (χ2v) is 4.45. The number of benzene rings is 1. The van der Waals surface area contributed by atoms with Crippen molar-refractivity contribution in [3.05, 3.63) is 27.7 Å². The van der Waals surface area contributed by atoms with E-state index in [9.17, 15) is 4.79 Å². The molecule has 0 fully saturated rings. The Hall–Kier alpha value is -0.730. The van der Waals surface area contributed by atoms with Crippen molar-refractivity contribution in [3.8, 4) is 5.75 Å². The smallest absolute Gasteiger partial charge is 0.138 e. The fourth-order valence-electron chi connectivity index (χ4n) is 1.45. The highest BCUT2D eigenvalue weighted by atomic mass is 35.5. The summed E-state index contributed by atoms with van der Waals surface area (Å²) < 4.78 is 5.05. The number of ketones is 1. The van der Waals surface area contributed by atoms with Gasteiger partial charge >= 0.3 is 0 Å². The topological polar surface area (TPSA) is 26.3 Å². The van der Waals surface area contributed by atoms with Crippen LogP contribution in [-0.2, 0) is 11.2 Å². The molecule has 16 heavy (non-hydrogen) atoms. The third-order valence-electron chi connectivity index (χ3n) is 2.30. The van der Waals surface area contributed by atoms with Gasteiger partial charge in [-0.25, -0.2) is 0 Å². The Morgan fingerprint density at radius 2 is 2.00 bits per heavy atom. The molecule has 0 aliphatic heterocycles. The summed E-state index contributed by atoms with van der Waals surface area (Å²) in [6, 6.07) is 3.50. The molecule has 0 amide bonds. The number of carbonyl (C=O) groups excluding carboxylic acids is 1. The van der Waals surface area contributed by atoms with Gasteiger partial charge in [-0.1, -0.05) is 23.2 Å². The summed E-state index contributed by atoms with van der Waals surface area (Å²) >= 11 is 12.1. The molecule has 0 aromatic heterocycles. The van der Waals surface area contributed by atoms with Crippen molar-refractivity contribution in [2.45, 2.75) is 26.2 Å². The van der Waals surface area contributed by atoms with Gasteiger partial charge in [-0.05, 0) is 31.4 Å². The highest BCUT2D eigenvalue weighted by molar-refractivity contribution is 6.34. The van der Waals surface area contributed by atoms with Crippen molar-refractivity contribution in [1.29, 1.82) is 0 Å². The zero-order chi connectivity index (χ0) is 12.1. The Kier molecular flexibility index (Phi) is 5.10. The Balaban J connectivity index is 2.73. The molecule has 0 heterocycles. The van der Waals surface area contributed by atoms with Crippen LogP contribution in [0.5, 0.6) is 5.75 Å². The number of hydrogen-bond acceptors (Lipinski definition) is 2. The van der Waals surface area contributed by atoms with E-state index in [1.54, 1.807) is 26.2 Å². The summed E-state index contributed by atoms with van der Waals surface area (Å²) in [4.78, 5) is 10.8. The Morgan fingerprint density at radius 1 is 1.31 bits per heavy atom. The number of aryl methyl sites for hydroxylation is 1. The van der Waals surface area contributed by atoms with Crippen molar-refractivity contribution >= 4 is 29.0 Å². The van der Waals surface area contributed by atoms with Crippen LogP contribution < -0.4 is 4.74 Å². The van der Waals surface area contributed by atoms with Crippen molar-refractivity contribution in [2.75, 3.05) is 7.11 Å². The molecule has 88 valence electrons. The van der Waals surface area contributed by atoms with Crippen LogP contribution in [0.4, 0.5) is 0 Å². The molecule has 0 saturated carbocycles. The standard InChI is InChI=1S/C12H14Cl2O2/c1-8(15)4-3-5-9-6-11(14)12(16-2)7-10(9)13/h6-7H,3-5H2,1-2H3. The number of rotatable bonds is 5. The zero-order valence-electron chi connectivity index (χ0n) is 9.35. The number of halogens is 2. The van der Waals surface area contributed by atoms with E-state index in [0.717, 1.165) is 18.4 Å². The average molecular weight is 261 g/mol. The number of ether oxygens (including phenoxy) is 1. The molecular weight excluding hydrogens is 247 g/mol. The predicted octanol–water partition coefficient (Wildman–Crippen LogP) is 3.91. The molecule has 0 radical (unpaired) electrons. The minimum Gasteiger partial charge on any atom is -0.495 e. The molecule has 0 aliphatic carbocycles. The zero-order valence-corrected chi connectivity index (χ0v) is 10.9. The normalized spacial score (nSPS) is 10.2. The molecule has 0 aliphatic rings.